The van der Waals surface area contributed by atoms with Gasteiger partial charge in [0.1, 0.15) is 0 Å². The maximum atomic E-state index is 2.76. The second-order valence-corrected chi connectivity index (χ2v) is 5.36. The molecule has 0 bridgehead atoms. The number of hydrogen-bond donors (Lipinski definition) is 0. The van der Waals surface area contributed by atoms with Gasteiger partial charge in [-0.15, -0.1) is 24.0 Å². The van der Waals surface area contributed by atoms with E-state index < -0.39 is 0 Å². The Bertz CT molecular complexity index is 132. The quantitative estimate of drug-likeness (QED) is 0.496. The molecule has 0 aromatic carbocycles. The highest BCUT2D eigenvalue weighted by molar-refractivity contribution is 14.0. The van der Waals surface area contributed by atoms with E-state index in [0.717, 1.165) is 18.1 Å². The van der Waals surface area contributed by atoms with E-state index in [1.54, 1.807) is 0 Å². The monoisotopic (exact) mass is 355 g/mol. The minimum absolute atomic E-state index is 0. The maximum Gasteiger partial charge on any atom is 0.00724 e. The molecule has 17 heavy (non-hydrogen) atoms. The molecule has 0 heterocycles. The van der Waals surface area contributed by atoms with Crippen LogP contribution in [0.15, 0.2) is 0 Å². The van der Waals surface area contributed by atoms with Crippen LogP contribution in [0.5, 0.6) is 0 Å². The van der Waals surface area contributed by atoms with E-state index in [-0.39, 0.29) is 24.0 Å². The van der Waals surface area contributed by atoms with Crippen LogP contribution < -0.4 is 0 Å². The van der Waals surface area contributed by atoms with Gasteiger partial charge in [0.2, 0.25) is 0 Å². The van der Waals surface area contributed by atoms with E-state index in [9.17, 15) is 0 Å². The highest BCUT2D eigenvalue weighted by Crippen LogP contribution is 2.20. The molecule has 3 unspecified atom stereocenters. The largest absolute Gasteiger partial charge is 0.295 e. The van der Waals surface area contributed by atoms with Crippen molar-refractivity contribution in [3.8, 4) is 0 Å². The molecule has 0 saturated heterocycles. The van der Waals surface area contributed by atoms with Crippen LogP contribution in [0.2, 0.25) is 0 Å². The summed E-state index contributed by atoms with van der Waals surface area (Å²) in [5, 5.41) is 0. The lowest BCUT2D eigenvalue weighted by Gasteiger charge is -2.39. The Morgan fingerprint density at radius 3 is 1.06 bits per heavy atom. The van der Waals surface area contributed by atoms with E-state index in [4.69, 9.17) is 0 Å². The molecule has 0 radical (unpaired) electrons. The van der Waals surface area contributed by atoms with E-state index in [1.165, 1.54) is 38.5 Å². The van der Waals surface area contributed by atoms with Crippen molar-refractivity contribution < 1.29 is 0 Å². The molecule has 0 aliphatic carbocycles. The molecule has 0 N–H and O–H groups in total. The smallest absolute Gasteiger partial charge is 0.00724 e. The van der Waals surface area contributed by atoms with Gasteiger partial charge < -0.3 is 0 Å². The molecule has 0 aliphatic heterocycles. The molecule has 0 rings (SSSR count). The molecule has 2 heteroatoms. The van der Waals surface area contributed by atoms with Gasteiger partial charge in [-0.1, -0.05) is 40.0 Å². The summed E-state index contributed by atoms with van der Waals surface area (Å²) in [4.78, 5) is 2.76. The predicted molar refractivity (Wildman–Crippen MR) is 90.4 cm³/mol. The van der Waals surface area contributed by atoms with Crippen molar-refractivity contribution in [2.45, 2.75) is 98.2 Å². The van der Waals surface area contributed by atoms with E-state index in [0.29, 0.717) is 0 Å². The van der Waals surface area contributed by atoms with Crippen LogP contribution in [0.4, 0.5) is 0 Å². The Balaban J connectivity index is 0. The fraction of sp³-hybridized carbons (Fsp3) is 1.00. The van der Waals surface area contributed by atoms with Crippen LogP contribution >= 0.6 is 24.0 Å². The summed E-state index contributed by atoms with van der Waals surface area (Å²) in [6.45, 7) is 14.1. The van der Waals surface area contributed by atoms with Gasteiger partial charge in [0.15, 0.2) is 0 Å². The summed E-state index contributed by atoms with van der Waals surface area (Å²) in [6, 6.07) is 2.23. The van der Waals surface area contributed by atoms with Gasteiger partial charge >= 0.3 is 0 Å². The average Bonchev–Trinajstić information content (AvgIpc) is 2.19. The van der Waals surface area contributed by atoms with Gasteiger partial charge in [-0.25, -0.2) is 0 Å². The normalized spacial score (nSPS) is 16.4. The molecule has 0 saturated carbocycles. The van der Waals surface area contributed by atoms with E-state index in [1.807, 2.05) is 0 Å². The van der Waals surface area contributed by atoms with Crippen LogP contribution in [0.3, 0.4) is 0 Å². The Morgan fingerprint density at radius 1 is 0.647 bits per heavy atom. The zero-order valence-corrected chi connectivity index (χ0v) is 15.2. The average molecular weight is 355 g/mol. The van der Waals surface area contributed by atoms with Crippen molar-refractivity contribution in [3.63, 3.8) is 0 Å². The van der Waals surface area contributed by atoms with Gasteiger partial charge in [-0.2, -0.15) is 0 Å². The third kappa shape index (κ3) is 7.66. The summed E-state index contributed by atoms with van der Waals surface area (Å²) in [5.41, 5.74) is 0. The molecule has 0 spiro atoms. The molecule has 0 aromatic heterocycles. The number of halogens is 1. The third-order valence-electron chi connectivity index (χ3n) is 3.65. The zero-order chi connectivity index (χ0) is 12.6. The minimum atomic E-state index is 0. The van der Waals surface area contributed by atoms with Crippen molar-refractivity contribution in [1.82, 2.24) is 4.90 Å². The van der Waals surface area contributed by atoms with Crippen molar-refractivity contribution in [2.75, 3.05) is 0 Å². The molecule has 0 aliphatic rings. The van der Waals surface area contributed by atoms with Crippen LogP contribution in [-0.2, 0) is 0 Å². The number of rotatable bonds is 9. The van der Waals surface area contributed by atoms with Crippen LogP contribution in [0.1, 0.15) is 80.1 Å². The van der Waals surface area contributed by atoms with E-state index >= 15 is 0 Å². The van der Waals surface area contributed by atoms with Crippen LogP contribution in [-0.4, -0.2) is 23.0 Å². The first-order valence-electron chi connectivity index (χ1n) is 7.35. The van der Waals surface area contributed by atoms with E-state index in [2.05, 4.69) is 46.4 Å². The second kappa shape index (κ2) is 11.8. The lowest BCUT2D eigenvalue weighted by molar-refractivity contribution is 0.0868. The Morgan fingerprint density at radius 2 is 0.882 bits per heavy atom. The predicted octanol–water partition coefficient (Wildman–Crippen LogP) is 5.47. The van der Waals surface area contributed by atoms with Crippen LogP contribution in [0.25, 0.3) is 0 Å². The van der Waals surface area contributed by atoms with Gasteiger partial charge in [0.25, 0.3) is 0 Å². The lowest BCUT2D eigenvalue weighted by atomic mass is 10.0. The summed E-state index contributed by atoms with van der Waals surface area (Å²) < 4.78 is 0. The first-order valence-corrected chi connectivity index (χ1v) is 7.35. The Hall–Kier alpha value is 0.690. The summed E-state index contributed by atoms with van der Waals surface area (Å²) in [7, 11) is 0. The van der Waals surface area contributed by atoms with Gasteiger partial charge in [-0.3, -0.25) is 4.90 Å². The maximum absolute atomic E-state index is 2.76. The fourth-order valence-corrected chi connectivity index (χ4v) is 3.00. The van der Waals surface area contributed by atoms with Gasteiger partial charge in [0.05, 0.1) is 0 Å². The molecule has 0 fully saturated rings. The first-order chi connectivity index (χ1) is 7.58. The van der Waals surface area contributed by atoms with Crippen molar-refractivity contribution in [2.24, 2.45) is 0 Å². The second-order valence-electron chi connectivity index (χ2n) is 5.36. The number of nitrogens with zero attached hydrogens (tertiary/aromatic N) is 1. The van der Waals surface area contributed by atoms with Gasteiger partial charge in [-0.05, 0) is 40.0 Å². The summed E-state index contributed by atoms with van der Waals surface area (Å²) >= 11 is 0. The molecular formula is C15H34IN. The third-order valence-corrected chi connectivity index (χ3v) is 3.65. The molecule has 0 amide bonds. The van der Waals surface area contributed by atoms with Crippen molar-refractivity contribution in [1.29, 1.82) is 0 Å². The Kier molecular flexibility index (Phi) is 13.8. The molecule has 3 atom stereocenters. The van der Waals surface area contributed by atoms with Crippen molar-refractivity contribution >= 4 is 24.0 Å². The highest BCUT2D eigenvalue weighted by Gasteiger charge is 2.23. The SMILES string of the molecule is CCCC(C)N(C(C)CCC)C(C)CCC.I. The Labute approximate surface area is 127 Å². The first kappa shape index (κ1) is 20.0. The number of hydrogen-bond acceptors (Lipinski definition) is 1. The lowest BCUT2D eigenvalue weighted by Crippen LogP contribution is -2.46. The molecule has 0 aromatic rings. The topological polar surface area (TPSA) is 3.24 Å². The highest BCUT2D eigenvalue weighted by atomic mass is 127. The van der Waals surface area contributed by atoms with Crippen molar-refractivity contribution in [3.05, 3.63) is 0 Å². The fourth-order valence-electron chi connectivity index (χ4n) is 3.00. The summed E-state index contributed by atoms with van der Waals surface area (Å²) in [5.74, 6) is 0. The molecule has 1 nitrogen and oxygen atoms in total. The van der Waals surface area contributed by atoms with Gasteiger partial charge in [0, 0.05) is 18.1 Å². The summed E-state index contributed by atoms with van der Waals surface area (Å²) in [6.07, 6.45) is 7.91. The van der Waals surface area contributed by atoms with Crippen LogP contribution in [0, 0.1) is 0 Å². The minimum Gasteiger partial charge on any atom is -0.295 e. The standard InChI is InChI=1S/C15H33N.HI/c1-7-10-13(4)16(14(5)11-8-2)15(6)12-9-3;/h13-15H,7-12H2,1-6H3;1H. The molecule has 106 valence electrons. The molecular weight excluding hydrogens is 321 g/mol. The zero-order valence-electron chi connectivity index (χ0n) is 12.8.